The van der Waals surface area contributed by atoms with E-state index in [2.05, 4.69) is 11.9 Å². The van der Waals surface area contributed by atoms with Crippen molar-refractivity contribution in [3.8, 4) is 0 Å². The minimum atomic E-state index is 0.274. The summed E-state index contributed by atoms with van der Waals surface area (Å²) >= 11 is 0. The first kappa shape index (κ1) is 7.56. The predicted octanol–water partition coefficient (Wildman–Crippen LogP) is 0.962. The number of hydrogen-bond donors (Lipinski definition) is 1. The number of nitrogens with two attached hydrogens (primary N) is 1. The van der Waals surface area contributed by atoms with E-state index in [1.165, 1.54) is 38.6 Å². The highest BCUT2D eigenvalue weighted by Crippen LogP contribution is 2.38. The first-order valence-corrected chi connectivity index (χ1v) is 4.69. The maximum absolute atomic E-state index is 6.00. The Balaban J connectivity index is 1.66. The molecule has 1 saturated heterocycles. The Labute approximate surface area is 68.7 Å². The van der Waals surface area contributed by atoms with Crippen LogP contribution in [0.25, 0.3) is 0 Å². The minimum Gasteiger partial charge on any atom is -0.325 e. The van der Waals surface area contributed by atoms with Gasteiger partial charge in [0.2, 0.25) is 0 Å². The first-order chi connectivity index (χ1) is 5.20. The molecule has 0 aromatic rings. The topological polar surface area (TPSA) is 29.3 Å². The van der Waals surface area contributed by atoms with Crippen LogP contribution >= 0.6 is 0 Å². The molecule has 0 bridgehead atoms. The maximum atomic E-state index is 6.00. The highest BCUT2D eigenvalue weighted by Gasteiger charge is 2.39. The van der Waals surface area contributed by atoms with Gasteiger partial charge in [0, 0.05) is 11.6 Å². The molecule has 0 amide bonds. The van der Waals surface area contributed by atoms with Crippen LogP contribution in [-0.4, -0.2) is 30.1 Å². The minimum absolute atomic E-state index is 0.274. The highest BCUT2D eigenvalue weighted by molar-refractivity contribution is 4.99. The van der Waals surface area contributed by atoms with E-state index < -0.39 is 0 Å². The Kier molecular flexibility index (Phi) is 1.69. The van der Waals surface area contributed by atoms with E-state index in [9.17, 15) is 0 Å². The van der Waals surface area contributed by atoms with Gasteiger partial charge in [-0.15, -0.1) is 0 Å². The van der Waals surface area contributed by atoms with Crippen LogP contribution < -0.4 is 5.73 Å². The largest absolute Gasteiger partial charge is 0.325 e. The molecule has 0 aromatic carbocycles. The molecule has 2 nitrogen and oxygen atoms in total. The molecule has 2 rings (SSSR count). The lowest BCUT2D eigenvalue weighted by atomic mass is 9.96. The summed E-state index contributed by atoms with van der Waals surface area (Å²) in [6.07, 6.45) is 6.51. The molecule has 64 valence electrons. The highest BCUT2D eigenvalue weighted by atomic mass is 15.2. The molecule has 0 aromatic heterocycles. The average molecular weight is 154 g/mol. The Morgan fingerprint density at radius 3 is 2.64 bits per heavy atom. The Morgan fingerprint density at radius 1 is 1.55 bits per heavy atom. The SMILES string of the molecule is CN1CCC1CCC1(N)CC1. The maximum Gasteiger partial charge on any atom is 0.0156 e. The molecule has 0 radical (unpaired) electrons. The molecular formula is C9H18N2. The Bertz CT molecular complexity index is 152. The van der Waals surface area contributed by atoms with E-state index in [4.69, 9.17) is 5.73 Å². The van der Waals surface area contributed by atoms with Gasteiger partial charge in [0.05, 0.1) is 0 Å². The van der Waals surface area contributed by atoms with E-state index in [-0.39, 0.29) is 5.54 Å². The van der Waals surface area contributed by atoms with E-state index in [1.54, 1.807) is 0 Å². The lowest BCUT2D eigenvalue weighted by Gasteiger charge is -2.38. The van der Waals surface area contributed by atoms with E-state index in [0.29, 0.717) is 0 Å². The fourth-order valence-electron chi connectivity index (χ4n) is 1.80. The summed E-state index contributed by atoms with van der Waals surface area (Å²) in [4.78, 5) is 2.44. The molecule has 2 N–H and O–H groups in total. The molecule has 11 heavy (non-hydrogen) atoms. The van der Waals surface area contributed by atoms with Gasteiger partial charge in [0.15, 0.2) is 0 Å². The molecular weight excluding hydrogens is 136 g/mol. The molecule has 2 aliphatic rings. The second kappa shape index (κ2) is 2.46. The number of likely N-dealkylation sites (tertiary alicyclic amines) is 1. The van der Waals surface area contributed by atoms with Gasteiger partial charge in [-0.25, -0.2) is 0 Å². The first-order valence-electron chi connectivity index (χ1n) is 4.69. The van der Waals surface area contributed by atoms with Crippen molar-refractivity contribution < 1.29 is 0 Å². The van der Waals surface area contributed by atoms with Crippen molar-refractivity contribution in [2.24, 2.45) is 5.73 Å². The van der Waals surface area contributed by atoms with Crippen molar-refractivity contribution in [3.05, 3.63) is 0 Å². The summed E-state index contributed by atoms with van der Waals surface area (Å²) in [6, 6.07) is 0.857. The van der Waals surface area contributed by atoms with Gasteiger partial charge in [-0.05, 0) is 45.7 Å². The zero-order chi connectivity index (χ0) is 7.90. The summed E-state index contributed by atoms with van der Waals surface area (Å²) in [6.45, 7) is 1.29. The number of rotatable bonds is 3. The van der Waals surface area contributed by atoms with E-state index in [0.717, 1.165) is 6.04 Å². The van der Waals surface area contributed by atoms with Crippen LogP contribution in [0, 0.1) is 0 Å². The van der Waals surface area contributed by atoms with Gasteiger partial charge in [-0.1, -0.05) is 0 Å². The summed E-state index contributed by atoms with van der Waals surface area (Å²) in [5.74, 6) is 0. The summed E-state index contributed by atoms with van der Waals surface area (Å²) < 4.78 is 0. The predicted molar refractivity (Wildman–Crippen MR) is 46.4 cm³/mol. The monoisotopic (exact) mass is 154 g/mol. The fraction of sp³-hybridized carbons (Fsp3) is 1.00. The quantitative estimate of drug-likeness (QED) is 0.656. The summed E-state index contributed by atoms with van der Waals surface area (Å²) in [5, 5.41) is 0. The van der Waals surface area contributed by atoms with Crippen molar-refractivity contribution in [1.82, 2.24) is 4.90 Å². The van der Waals surface area contributed by atoms with Crippen molar-refractivity contribution in [2.45, 2.75) is 43.7 Å². The smallest absolute Gasteiger partial charge is 0.0156 e. The molecule has 1 aliphatic heterocycles. The zero-order valence-electron chi connectivity index (χ0n) is 7.34. The van der Waals surface area contributed by atoms with Crippen molar-refractivity contribution in [1.29, 1.82) is 0 Å². The molecule has 1 heterocycles. The molecule has 1 aliphatic carbocycles. The summed E-state index contributed by atoms with van der Waals surface area (Å²) in [7, 11) is 2.21. The lowest BCUT2D eigenvalue weighted by Crippen LogP contribution is -2.45. The van der Waals surface area contributed by atoms with Crippen LogP contribution in [0.4, 0.5) is 0 Å². The molecule has 1 atom stereocenters. The van der Waals surface area contributed by atoms with E-state index in [1.807, 2.05) is 0 Å². The average Bonchev–Trinajstić information content (AvgIpc) is 2.66. The lowest BCUT2D eigenvalue weighted by molar-refractivity contribution is 0.114. The van der Waals surface area contributed by atoms with Gasteiger partial charge in [-0.2, -0.15) is 0 Å². The van der Waals surface area contributed by atoms with Gasteiger partial charge in [0.25, 0.3) is 0 Å². The third kappa shape index (κ3) is 1.57. The van der Waals surface area contributed by atoms with Gasteiger partial charge in [0.1, 0.15) is 0 Å². The Hall–Kier alpha value is -0.0800. The van der Waals surface area contributed by atoms with Crippen LogP contribution in [-0.2, 0) is 0 Å². The fourth-order valence-corrected chi connectivity index (χ4v) is 1.80. The normalized spacial score (nSPS) is 34.9. The van der Waals surface area contributed by atoms with Crippen molar-refractivity contribution >= 4 is 0 Å². The molecule has 2 fully saturated rings. The van der Waals surface area contributed by atoms with Crippen LogP contribution in [0.3, 0.4) is 0 Å². The molecule has 1 unspecified atom stereocenters. The van der Waals surface area contributed by atoms with Gasteiger partial charge < -0.3 is 10.6 Å². The van der Waals surface area contributed by atoms with Crippen LogP contribution in [0.5, 0.6) is 0 Å². The second-order valence-corrected chi connectivity index (χ2v) is 4.32. The standard InChI is InChI=1S/C9H18N2/c1-11-7-3-8(11)2-4-9(10)5-6-9/h8H,2-7,10H2,1H3. The zero-order valence-corrected chi connectivity index (χ0v) is 7.34. The third-order valence-corrected chi connectivity index (χ3v) is 3.31. The van der Waals surface area contributed by atoms with Gasteiger partial charge in [-0.3, -0.25) is 0 Å². The van der Waals surface area contributed by atoms with Crippen molar-refractivity contribution in [3.63, 3.8) is 0 Å². The van der Waals surface area contributed by atoms with Crippen LogP contribution in [0.2, 0.25) is 0 Å². The second-order valence-electron chi connectivity index (χ2n) is 4.32. The van der Waals surface area contributed by atoms with Crippen molar-refractivity contribution in [2.75, 3.05) is 13.6 Å². The van der Waals surface area contributed by atoms with Gasteiger partial charge >= 0.3 is 0 Å². The van der Waals surface area contributed by atoms with Crippen LogP contribution in [0.1, 0.15) is 32.1 Å². The molecule has 0 spiro atoms. The molecule has 2 heteroatoms. The van der Waals surface area contributed by atoms with Crippen LogP contribution in [0.15, 0.2) is 0 Å². The third-order valence-electron chi connectivity index (χ3n) is 3.31. The summed E-state index contributed by atoms with van der Waals surface area (Å²) in [5.41, 5.74) is 6.27. The Morgan fingerprint density at radius 2 is 2.27 bits per heavy atom. The number of hydrogen-bond acceptors (Lipinski definition) is 2. The van der Waals surface area contributed by atoms with E-state index >= 15 is 0 Å². The number of nitrogens with zero attached hydrogens (tertiary/aromatic N) is 1. The molecule has 1 saturated carbocycles.